The SMILES string of the molecule is O=C1C2CC2C(=O)N1[C@@H]1CCN(Cc2ccccc2)C1. The fourth-order valence-electron chi connectivity index (χ4n) is 3.57. The molecule has 1 aromatic carbocycles. The Morgan fingerprint density at radius 1 is 1.05 bits per heavy atom. The number of imide groups is 1. The molecule has 4 heteroatoms. The zero-order valence-electron chi connectivity index (χ0n) is 11.4. The van der Waals surface area contributed by atoms with Crippen molar-refractivity contribution in [2.24, 2.45) is 11.8 Å². The molecule has 1 aromatic rings. The molecule has 1 saturated carbocycles. The average Bonchev–Trinajstić information content (AvgIpc) is 3.08. The van der Waals surface area contributed by atoms with Gasteiger partial charge in [-0.1, -0.05) is 30.3 Å². The first-order valence-corrected chi connectivity index (χ1v) is 7.37. The topological polar surface area (TPSA) is 40.6 Å². The van der Waals surface area contributed by atoms with Crippen LogP contribution in [0.25, 0.3) is 0 Å². The highest BCUT2D eigenvalue weighted by molar-refractivity contribution is 6.09. The highest BCUT2D eigenvalue weighted by atomic mass is 16.2. The van der Waals surface area contributed by atoms with E-state index in [0.717, 1.165) is 32.5 Å². The third-order valence-electron chi connectivity index (χ3n) is 4.76. The first-order valence-electron chi connectivity index (χ1n) is 7.37. The number of carbonyl (C=O) groups excluding carboxylic acids is 2. The van der Waals surface area contributed by atoms with Crippen LogP contribution >= 0.6 is 0 Å². The number of rotatable bonds is 3. The maximum atomic E-state index is 12.1. The van der Waals surface area contributed by atoms with Crippen LogP contribution in [0.15, 0.2) is 30.3 Å². The van der Waals surface area contributed by atoms with E-state index in [1.807, 2.05) is 18.2 Å². The van der Waals surface area contributed by atoms with Crippen LogP contribution in [0.5, 0.6) is 0 Å². The van der Waals surface area contributed by atoms with E-state index < -0.39 is 0 Å². The number of nitrogens with zero attached hydrogens (tertiary/aromatic N) is 2. The van der Waals surface area contributed by atoms with Gasteiger partial charge in [0.05, 0.1) is 17.9 Å². The Kier molecular flexibility index (Phi) is 2.67. The predicted molar refractivity (Wildman–Crippen MR) is 73.6 cm³/mol. The molecule has 0 bridgehead atoms. The van der Waals surface area contributed by atoms with Gasteiger partial charge in [-0.15, -0.1) is 0 Å². The minimum Gasteiger partial charge on any atom is -0.297 e. The summed E-state index contributed by atoms with van der Waals surface area (Å²) in [5.74, 6) is 0.245. The highest BCUT2D eigenvalue weighted by Crippen LogP contribution is 2.48. The molecule has 20 heavy (non-hydrogen) atoms. The average molecular weight is 270 g/mol. The lowest BCUT2D eigenvalue weighted by Crippen LogP contribution is -2.43. The number of carbonyl (C=O) groups is 2. The molecule has 0 spiro atoms. The molecule has 3 aliphatic rings. The van der Waals surface area contributed by atoms with Gasteiger partial charge in [-0.05, 0) is 18.4 Å². The lowest BCUT2D eigenvalue weighted by molar-refractivity contribution is -0.143. The molecule has 4 rings (SSSR count). The number of hydrogen-bond donors (Lipinski definition) is 0. The number of piperidine rings is 1. The summed E-state index contributed by atoms with van der Waals surface area (Å²) in [5.41, 5.74) is 1.29. The molecule has 3 atom stereocenters. The van der Waals surface area contributed by atoms with Crippen LogP contribution in [0, 0.1) is 11.8 Å². The van der Waals surface area contributed by atoms with E-state index in [4.69, 9.17) is 0 Å². The van der Waals surface area contributed by atoms with E-state index in [2.05, 4.69) is 17.0 Å². The van der Waals surface area contributed by atoms with Crippen LogP contribution in [0.4, 0.5) is 0 Å². The largest absolute Gasteiger partial charge is 0.297 e. The maximum Gasteiger partial charge on any atom is 0.233 e. The van der Waals surface area contributed by atoms with E-state index in [0.29, 0.717) is 0 Å². The van der Waals surface area contributed by atoms with Gasteiger partial charge in [0.15, 0.2) is 0 Å². The van der Waals surface area contributed by atoms with Gasteiger partial charge in [0.1, 0.15) is 0 Å². The fraction of sp³-hybridized carbons (Fsp3) is 0.500. The summed E-state index contributed by atoms with van der Waals surface area (Å²) in [6.07, 6.45) is 1.72. The van der Waals surface area contributed by atoms with Crippen molar-refractivity contribution in [2.75, 3.05) is 13.1 Å². The molecule has 2 heterocycles. The standard InChI is InChI=1S/C16H18N2O2/c19-15-13-8-14(13)16(20)18(15)12-6-7-17(10-12)9-11-4-2-1-3-5-11/h1-5,12-14H,6-10H2/t12-,13?,14?/m1/s1. The Morgan fingerprint density at radius 3 is 2.45 bits per heavy atom. The summed E-state index contributed by atoms with van der Waals surface area (Å²) in [4.78, 5) is 28.1. The fourth-order valence-corrected chi connectivity index (χ4v) is 3.57. The molecule has 2 saturated heterocycles. The molecule has 0 radical (unpaired) electrons. The van der Waals surface area contributed by atoms with Crippen molar-refractivity contribution in [1.29, 1.82) is 0 Å². The number of fused-ring (bicyclic) bond motifs is 1. The van der Waals surface area contributed by atoms with Crippen molar-refractivity contribution in [2.45, 2.75) is 25.4 Å². The van der Waals surface area contributed by atoms with Gasteiger partial charge in [0.2, 0.25) is 11.8 Å². The monoisotopic (exact) mass is 270 g/mol. The summed E-state index contributed by atoms with van der Waals surface area (Å²) >= 11 is 0. The van der Waals surface area contributed by atoms with Crippen LogP contribution in [0.1, 0.15) is 18.4 Å². The molecule has 3 fully saturated rings. The van der Waals surface area contributed by atoms with Crippen LogP contribution in [-0.2, 0) is 16.1 Å². The van der Waals surface area contributed by atoms with Gasteiger partial charge in [-0.25, -0.2) is 0 Å². The van der Waals surface area contributed by atoms with E-state index >= 15 is 0 Å². The second kappa shape index (κ2) is 4.42. The van der Waals surface area contributed by atoms with Gasteiger partial charge >= 0.3 is 0 Å². The Balaban J connectivity index is 1.41. The number of hydrogen-bond acceptors (Lipinski definition) is 3. The molecular weight excluding hydrogens is 252 g/mol. The first-order chi connectivity index (χ1) is 9.74. The van der Waals surface area contributed by atoms with Gasteiger partial charge in [-0.3, -0.25) is 19.4 Å². The predicted octanol–water partition coefficient (Wildman–Crippen LogP) is 1.27. The molecule has 4 nitrogen and oxygen atoms in total. The van der Waals surface area contributed by atoms with Crippen molar-refractivity contribution < 1.29 is 9.59 Å². The molecule has 1 aliphatic carbocycles. The van der Waals surface area contributed by atoms with Gasteiger partial charge in [0.25, 0.3) is 0 Å². The van der Waals surface area contributed by atoms with E-state index in [-0.39, 0.29) is 29.7 Å². The minimum absolute atomic E-state index is 0.0330. The van der Waals surface area contributed by atoms with Crippen molar-refractivity contribution in [1.82, 2.24) is 9.80 Å². The molecule has 2 aliphatic heterocycles. The summed E-state index contributed by atoms with van der Waals surface area (Å²) < 4.78 is 0. The quantitative estimate of drug-likeness (QED) is 0.777. The molecule has 104 valence electrons. The highest BCUT2D eigenvalue weighted by Gasteiger charge is 2.60. The third kappa shape index (κ3) is 1.86. The van der Waals surface area contributed by atoms with E-state index in [9.17, 15) is 9.59 Å². The summed E-state index contributed by atoms with van der Waals surface area (Å²) in [5, 5.41) is 0. The van der Waals surface area contributed by atoms with Crippen molar-refractivity contribution in [3.8, 4) is 0 Å². The van der Waals surface area contributed by atoms with Crippen LogP contribution in [-0.4, -0.2) is 40.7 Å². The normalized spacial score (nSPS) is 32.8. The Bertz CT molecular complexity index is 537. The van der Waals surface area contributed by atoms with Gasteiger partial charge in [0, 0.05) is 19.6 Å². The van der Waals surface area contributed by atoms with Crippen LogP contribution < -0.4 is 0 Å². The maximum absolute atomic E-state index is 12.1. The summed E-state index contributed by atoms with van der Waals surface area (Å²) in [6, 6.07) is 10.5. The zero-order chi connectivity index (χ0) is 13.7. The Hall–Kier alpha value is -1.68. The Labute approximate surface area is 118 Å². The lowest BCUT2D eigenvalue weighted by Gasteiger charge is -2.24. The summed E-state index contributed by atoms with van der Waals surface area (Å²) in [7, 11) is 0. The van der Waals surface area contributed by atoms with E-state index in [1.165, 1.54) is 5.56 Å². The number of likely N-dealkylation sites (tertiary alicyclic amines) is 2. The van der Waals surface area contributed by atoms with Crippen molar-refractivity contribution in [3.05, 3.63) is 35.9 Å². The third-order valence-corrected chi connectivity index (χ3v) is 4.76. The smallest absolute Gasteiger partial charge is 0.233 e. The van der Waals surface area contributed by atoms with Crippen molar-refractivity contribution >= 4 is 11.8 Å². The van der Waals surface area contributed by atoms with Crippen LogP contribution in [0.2, 0.25) is 0 Å². The van der Waals surface area contributed by atoms with Crippen LogP contribution in [0.3, 0.4) is 0 Å². The first kappa shape index (κ1) is 12.1. The second-order valence-corrected chi connectivity index (χ2v) is 6.16. The molecule has 0 N–H and O–H groups in total. The van der Waals surface area contributed by atoms with Gasteiger partial charge in [-0.2, -0.15) is 0 Å². The second-order valence-electron chi connectivity index (χ2n) is 6.16. The van der Waals surface area contributed by atoms with E-state index in [1.54, 1.807) is 4.90 Å². The molecule has 0 aromatic heterocycles. The Morgan fingerprint density at radius 2 is 1.75 bits per heavy atom. The number of amides is 2. The minimum atomic E-state index is 0.0330. The molecular formula is C16H18N2O2. The molecule has 2 amide bonds. The van der Waals surface area contributed by atoms with Crippen molar-refractivity contribution in [3.63, 3.8) is 0 Å². The molecule has 2 unspecified atom stereocenters. The van der Waals surface area contributed by atoms with Gasteiger partial charge < -0.3 is 0 Å². The lowest BCUT2D eigenvalue weighted by atomic mass is 10.2. The summed E-state index contributed by atoms with van der Waals surface area (Å²) in [6.45, 7) is 2.69. The zero-order valence-corrected chi connectivity index (χ0v) is 11.4. The number of benzene rings is 1.